The SMILES string of the molecule is CC(C)(C)OC(=O)NCCOCCOCCOCCNCc1c[nH]c2c1C(=O)CC(N)=N2. The van der Waals surface area contributed by atoms with Gasteiger partial charge in [0.05, 0.1) is 51.6 Å². The fraction of sp³-hybridized carbons (Fsp3) is 0.667. The number of H-pyrrole nitrogens is 1. The maximum Gasteiger partial charge on any atom is 0.407 e. The molecule has 1 aliphatic rings. The number of carbonyl (C=O) groups is 2. The fourth-order valence-corrected chi connectivity index (χ4v) is 2.88. The van der Waals surface area contributed by atoms with E-state index in [0.717, 1.165) is 5.56 Å². The summed E-state index contributed by atoms with van der Waals surface area (Å²) in [6.45, 7) is 9.77. The van der Waals surface area contributed by atoms with Crippen molar-refractivity contribution in [1.29, 1.82) is 0 Å². The molecule has 5 N–H and O–H groups in total. The van der Waals surface area contributed by atoms with Crippen LogP contribution in [0.15, 0.2) is 11.2 Å². The molecule has 1 aromatic rings. The van der Waals surface area contributed by atoms with Crippen LogP contribution < -0.4 is 16.4 Å². The van der Waals surface area contributed by atoms with Gasteiger partial charge in [-0.05, 0) is 26.3 Å². The van der Waals surface area contributed by atoms with Crippen molar-refractivity contribution in [2.75, 3.05) is 52.7 Å². The largest absolute Gasteiger partial charge is 0.444 e. The van der Waals surface area contributed by atoms with E-state index >= 15 is 0 Å². The Morgan fingerprint density at radius 1 is 1.09 bits per heavy atom. The van der Waals surface area contributed by atoms with E-state index in [1.165, 1.54) is 0 Å². The molecule has 0 unspecified atom stereocenters. The first-order valence-corrected chi connectivity index (χ1v) is 10.7. The van der Waals surface area contributed by atoms with Crippen LogP contribution in [0.25, 0.3) is 0 Å². The van der Waals surface area contributed by atoms with Crippen LogP contribution >= 0.6 is 0 Å². The van der Waals surface area contributed by atoms with Gasteiger partial charge in [-0.15, -0.1) is 0 Å². The molecule has 180 valence electrons. The highest BCUT2D eigenvalue weighted by atomic mass is 16.6. The lowest BCUT2D eigenvalue weighted by atomic mass is 10.0. The van der Waals surface area contributed by atoms with Crippen molar-refractivity contribution in [1.82, 2.24) is 15.6 Å². The Morgan fingerprint density at radius 3 is 2.38 bits per heavy atom. The average molecular weight is 454 g/mol. The second kappa shape index (κ2) is 13.2. The van der Waals surface area contributed by atoms with Gasteiger partial charge in [0.15, 0.2) is 5.78 Å². The number of amidine groups is 1. The summed E-state index contributed by atoms with van der Waals surface area (Å²) in [5.74, 6) is 0.857. The molecule has 0 bridgehead atoms. The first-order valence-electron chi connectivity index (χ1n) is 10.7. The van der Waals surface area contributed by atoms with E-state index in [-0.39, 0.29) is 12.2 Å². The van der Waals surface area contributed by atoms with Crippen molar-refractivity contribution in [3.63, 3.8) is 0 Å². The molecule has 32 heavy (non-hydrogen) atoms. The van der Waals surface area contributed by atoms with Crippen LogP contribution in [0.1, 0.15) is 43.1 Å². The molecule has 0 fully saturated rings. The van der Waals surface area contributed by atoms with Gasteiger partial charge >= 0.3 is 6.09 Å². The highest BCUT2D eigenvalue weighted by Crippen LogP contribution is 2.27. The topological polar surface area (TPSA) is 149 Å². The van der Waals surface area contributed by atoms with Gasteiger partial charge in [-0.2, -0.15) is 0 Å². The van der Waals surface area contributed by atoms with Crippen LogP contribution in [-0.4, -0.2) is 81.0 Å². The molecule has 0 aromatic carbocycles. The number of hydrogen-bond acceptors (Lipinski definition) is 9. The highest BCUT2D eigenvalue weighted by Gasteiger charge is 2.23. The number of nitrogens with one attached hydrogen (secondary N) is 3. The summed E-state index contributed by atoms with van der Waals surface area (Å²) in [5, 5.41) is 5.86. The van der Waals surface area contributed by atoms with Gasteiger partial charge in [0.2, 0.25) is 0 Å². The molecule has 1 aliphatic heterocycles. The van der Waals surface area contributed by atoms with Crippen molar-refractivity contribution >= 4 is 23.5 Å². The summed E-state index contributed by atoms with van der Waals surface area (Å²) in [6.07, 6.45) is 1.49. The highest BCUT2D eigenvalue weighted by molar-refractivity contribution is 6.15. The van der Waals surface area contributed by atoms with Crippen LogP contribution in [0, 0.1) is 0 Å². The van der Waals surface area contributed by atoms with E-state index in [9.17, 15) is 9.59 Å². The van der Waals surface area contributed by atoms with Crippen molar-refractivity contribution in [3.05, 3.63) is 17.3 Å². The minimum Gasteiger partial charge on any atom is -0.444 e. The Bertz CT molecular complexity index is 771. The van der Waals surface area contributed by atoms with Crippen molar-refractivity contribution in [2.24, 2.45) is 10.7 Å². The molecule has 0 saturated carbocycles. The van der Waals surface area contributed by atoms with Gasteiger partial charge in [-0.25, -0.2) is 9.79 Å². The molecule has 0 radical (unpaired) electrons. The lowest BCUT2D eigenvalue weighted by Crippen LogP contribution is -2.34. The summed E-state index contributed by atoms with van der Waals surface area (Å²) in [5.41, 5.74) is 6.63. The molecule has 0 spiro atoms. The Hall–Kier alpha value is -2.47. The number of nitrogens with zero attached hydrogens (tertiary/aromatic N) is 1. The molecule has 2 heterocycles. The number of alkyl carbamates (subject to hydrolysis) is 1. The fourth-order valence-electron chi connectivity index (χ4n) is 2.88. The summed E-state index contributed by atoms with van der Waals surface area (Å²) in [4.78, 5) is 30.7. The van der Waals surface area contributed by atoms with Crippen molar-refractivity contribution < 1.29 is 28.5 Å². The van der Waals surface area contributed by atoms with E-state index < -0.39 is 11.7 Å². The number of Topliss-reactive ketones (excluding diaryl/α,β-unsaturated/α-hetero) is 1. The number of ketones is 1. The molecule has 2 rings (SSSR count). The molecular formula is C21H35N5O6. The van der Waals surface area contributed by atoms with Gasteiger partial charge in [0, 0.05) is 25.8 Å². The average Bonchev–Trinajstić information content (AvgIpc) is 3.09. The van der Waals surface area contributed by atoms with Gasteiger partial charge in [0.25, 0.3) is 0 Å². The predicted molar refractivity (Wildman–Crippen MR) is 119 cm³/mol. The van der Waals surface area contributed by atoms with E-state index in [0.29, 0.717) is 76.5 Å². The van der Waals surface area contributed by atoms with E-state index in [4.69, 9.17) is 24.7 Å². The number of nitrogens with two attached hydrogens (primary N) is 1. The molecule has 0 atom stereocenters. The predicted octanol–water partition coefficient (Wildman–Crippen LogP) is 1.25. The Labute approximate surface area is 188 Å². The van der Waals surface area contributed by atoms with Crippen LogP contribution in [-0.2, 0) is 25.5 Å². The molecule has 1 amide bonds. The molecule has 0 saturated heterocycles. The van der Waals surface area contributed by atoms with Crippen LogP contribution in [0.3, 0.4) is 0 Å². The van der Waals surface area contributed by atoms with Gasteiger partial charge in [-0.1, -0.05) is 0 Å². The number of hydrogen-bond donors (Lipinski definition) is 4. The smallest absolute Gasteiger partial charge is 0.407 e. The summed E-state index contributed by atoms with van der Waals surface area (Å²) >= 11 is 0. The first kappa shape index (κ1) is 25.8. The minimum absolute atomic E-state index is 0.0118. The Kier molecular flexibility index (Phi) is 10.6. The number of carbonyl (C=O) groups excluding carboxylic acids is 2. The lowest BCUT2D eigenvalue weighted by molar-refractivity contribution is 0.0145. The molecule has 1 aromatic heterocycles. The molecular weight excluding hydrogens is 418 g/mol. The van der Waals surface area contributed by atoms with Crippen LogP contribution in [0.5, 0.6) is 0 Å². The Morgan fingerprint density at radius 2 is 1.72 bits per heavy atom. The number of aliphatic imine (C=N–C) groups is 1. The molecule has 0 aliphatic carbocycles. The van der Waals surface area contributed by atoms with Gasteiger partial charge in [0.1, 0.15) is 17.3 Å². The summed E-state index contributed by atoms with van der Waals surface area (Å²) < 4.78 is 21.4. The van der Waals surface area contributed by atoms with E-state index in [1.54, 1.807) is 6.20 Å². The number of amides is 1. The third kappa shape index (κ3) is 9.77. The van der Waals surface area contributed by atoms with Crippen molar-refractivity contribution in [3.8, 4) is 0 Å². The minimum atomic E-state index is -0.510. The zero-order chi connectivity index (χ0) is 23.4. The third-order valence-corrected chi connectivity index (χ3v) is 4.21. The standard InChI is InChI=1S/C21H35N5O6/c1-21(2,3)32-20(28)24-5-7-30-9-11-31-10-8-29-6-4-23-13-15-14-25-19-18(15)16(27)12-17(22)26-19/h14,23,25H,4-13H2,1-3H3,(H2,22,26)(H,24,28). The second-order valence-corrected chi connectivity index (χ2v) is 8.18. The number of aromatic nitrogens is 1. The number of rotatable bonds is 14. The lowest BCUT2D eigenvalue weighted by Gasteiger charge is -2.19. The zero-order valence-electron chi connectivity index (χ0n) is 19.1. The Balaban J connectivity index is 1.39. The van der Waals surface area contributed by atoms with E-state index in [1.807, 2.05) is 20.8 Å². The number of fused-ring (bicyclic) bond motifs is 1. The maximum atomic E-state index is 12.1. The van der Waals surface area contributed by atoms with Crippen LogP contribution in [0.2, 0.25) is 0 Å². The number of ether oxygens (including phenoxy) is 4. The first-order chi connectivity index (χ1) is 15.3. The third-order valence-electron chi connectivity index (χ3n) is 4.21. The second-order valence-electron chi connectivity index (χ2n) is 8.18. The van der Waals surface area contributed by atoms with Crippen molar-refractivity contribution in [2.45, 2.75) is 39.3 Å². The molecule has 11 nitrogen and oxygen atoms in total. The summed E-state index contributed by atoms with van der Waals surface area (Å²) in [7, 11) is 0. The maximum absolute atomic E-state index is 12.1. The quantitative estimate of drug-likeness (QED) is 0.308. The molecule has 11 heteroatoms. The van der Waals surface area contributed by atoms with Crippen LogP contribution in [0.4, 0.5) is 10.6 Å². The normalized spacial score (nSPS) is 13.6. The zero-order valence-corrected chi connectivity index (χ0v) is 19.1. The van der Waals surface area contributed by atoms with Gasteiger partial charge in [-0.3, -0.25) is 4.79 Å². The van der Waals surface area contributed by atoms with E-state index in [2.05, 4.69) is 20.6 Å². The number of aromatic amines is 1. The monoisotopic (exact) mass is 453 g/mol. The van der Waals surface area contributed by atoms with Gasteiger partial charge < -0.3 is 40.3 Å². The summed E-state index contributed by atoms with van der Waals surface area (Å²) in [6, 6.07) is 0.